The summed E-state index contributed by atoms with van der Waals surface area (Å²) in [7, 11) is 1.62. The predicted molar refractivity (Wildman–Crippen MR) is 114 cm³/mol. The molecule has 6 heteroatoms. The third-order valence-electron chi connectivity index (χ3n) is 4.04. The van der Waals surface area contributed by atoms with Crippen LogP contribution >= 0.6 is 11.6 Å². The molecule has 0 amide bonds. The number of rotatable bonds is 8. The van der Waals surface area contributed by atoms with Gasteiger partial charge in [0.2, 0.25) is 0 Å². The zero-order valence-electron chi connectivity index (χ0n) is 16.2. The van der Waals surface area contributed by atoms with Gasteiger partial charge in [-0.3, -0.25) is 4.99 Å². The highest BCUT2D eigenvalue weighted by Crippen LogP contribution is 2.37. The Hall–Kier alpha value is -3.05. The van der Waals surface area contributed by atoms with Crippen molar-refractivity contribution in [2.75, 3.05) is 13.7 Å². The van der Waals surface area contributed by atoms with Crippen LogP contribution in [-0.2, 0) is 6.61 Å². The second-order valence-electron chi connectivity index (χ2n) is 6.14. The number of halogens is 2. The Labute approximate surface area is 174 Å². The summed E-state index contributed by atoms with van der Waals surface area (Å²) < 4.78 is 30.0. The second-order valence-corrected chi connectivity index (χ2v) is 6.55. The summed E-state index contributed by atoms with van der Waals surface area (Å²) in [6, 6.07) is 17.2. The first-order chi connectivity index (χ1) is 14.1. The van der Waals surface area contributed by atoms with Crippen LogP contribution in [0.2, 0.25) is 5.02 Å². The van der Waals surface area contributed by atoms with Crippen molar-refractivity contribution >= 4 is 23.5 Å². The third kappa shape index (κ3) is 5.72. The van der Waals surface area contributed by atoms with Gasteiger partial charge in [-0.15, -0.1) is 0 Å². The van der Waals surface area contributed by atoms with Crippen molar-refractivity contribution in [2.45, 2.75) is 13.5 Å². The quantitative estimate of drug-likeness (QED) is 0.412. The number of methoxy groups -OCH3 is 1. The number of aliphatic imine (C=N–C) groups is 1. The summed E-state index contributed by atoms with van der Waals surface area (Å²) in [6.45, 7) is 2.50. The monoisotopic (exact) mass is 413 g/mol. The van der Waals surface area contributed by atoms with E-state index in [9.17, 15) is 4.39 Å². The molecular formula is C23H21ClFNO3. The maximum Gasteiger partial charge on any atom is 0.180 e. The van der Waals surface area contributed by atoms with Gasteiger partial charge in [0.15, 0.2) is 11.5 Å². The minimum atomic E-state index is -0.313. The van der Waals surface area contributed by atoms with Gasteiger partial charge < -0.3 is 14.2 Å². The molecule has 0 N–H and O–H groups in total. The van der Waals surface area contributed by atoms with Crippen LogP contribution in [0.4, 0.5) is 10.1 Å². The van der Waals surface area contributed by atoms with Gasteiger partial charge in [0.05, 0.1) is 24.4 Å². The topological polar surface area (TPSA) is 40.0 Å². The van der Waals surface area contributed by atoms with Crippen LogP contribution < -0.4 is 14.2 Å². The first kappa shape index (κ1) is 20.7. The minimum Gasteiger partial charge on any atom is -0.497 e. The molecule has 0 aliphatic rings. The Kier molecular flexibility index (Phi) is 7.09. The predicted octanol–water partition coefficient (Wildman–Crippen LogP) is 6.22. The zero-order valence-corrected chi connectivity index (χ0v) is 16.9. The van der Waals surface area contributed by atoms with Gasteiger partial charge in [-0.25, -0.2) is 4.39 Å². The number of nitrogens with zero attached hydrogens (tertiary/aromatic N) is 1. The average Bonchev–Trinajstić information content (AvgIpc) is 2.72. The molecule has 0 aromatic heterocycles. The summed E-state index contributed by atoms with van der Waals surface area (Å²) in [5.41, 5.74) is 2.26. The van der Waals surface area contributed by atoms with E-state index in [0.29, 0.717) is 28.7 Å². The van der Waals surface area contributed by atoms with Crippen molar-refractivity contribution in [2.24, 2.45) is 4.99 Å². The average molecular weight is 414 g/mol. The fourth-order valence-electron chi connectivity index (χ4n) is 2.67. The summed E-state index contributed by atoms with van der Waals surface area (Å²) in [4.78, 5) is 4.45. The molecule has 0 saturated carbocycles. The third-order valence-corrected chi connectivity index (χ3v) is 4.32. The van der Waals surface area contributed by atoms with E-state index in [4.69, 9.17) is 25.8 Å². The molecule has 0 atom stereocenters. The van der Waals surface area contributed by atoms with Gasteiger partial charge in [-0.2, -0.15) is 0 Å². The van der Waals surface area contributed by atoms with Crippen LogP contribution in [0.1, 0.15) is 18.1 Å². The molecule has 0 fully saturated rings. The summed E-state index contributed by atoms with van der Waals surface area (Å²) >= 11 is 6.43. The maximum atomic E-state index is 13.4. The van der Waals surface area contributed by atoms with Crippen LogP contribution in [0.3, 0.4) is 0 Å². The van der Waals surface area contributed by atoms with Crippen LogP contribution in [0.25, 0.3) is 0 Å². The lowest BCUT2D eigenvalue weighted by molar-refractivity contribution is 0.269. The lowest BCUT2D eigenvalue weighted by Crippen LogP contribution is -2.01. The second kappa shape index (κ2) is 9.94. The smallest absolute Gasteiger partial charge is 0.180 e. The van der Waals surface area contributed by atoms with Crippen LogP contribution in [0.15, 0.2) is 65.7 Å². The molecule has 0 radical (unpaired) electrons. The minimum absolute atomic E-state index is 0.177. The fourth-order valence-corrected chi connectivity index (χ4v) is 2.94. The first-order valence-electron chi connectivity index (χ1n) is 9.10. The molecule has 0 heterocycles. The highest BCUT2D eigenvalue weighted by Gasteiger charge is 2.13. The van der Waals surface area contributed by atoms with Crippen molar-refractivity contribution in [3.63, 3.8) is 0 Å². The van der Waals surface area contributed by atoms with E-state index in [-0.39, 0.29) is 12.4 Å². The molecule has 3 rings (SSSR count). The highest BCUT2D eigenvalue weighted by molar-refractivity contribution is 6.32. The molecule has 0 aliphatic carbocycles. The number of hydrogen-bond donors (Lipinski definition) is 0. The summed E-state index contributed by atoms with van der Waals surface area (Å²) in [6.07, 6.45) is 1.70. The van der Waals surface area contributed by atoms with Crippen molar-refractivity contribution < 1.29 is 18.6 Å². The Morgan fingerprint density at radius 3 is 2.52 bits per heavy atom. The van der Waals surface area contributed by atoms with E-state index in [1.807, 2.05) is 37.3 Å². The lowest BCUT2D eigenvalue weighted by Gasteiger charge is -2.14. The lowest BCUT2D eigenvalue weighted by atomic mass is 10.2. The fraction of sp³-hybridized carbons (Fsp3) is 0.174. The number of hydrogen-bond acceptors (Lipinski definition) is 4. The van der Waals surface area contributed by atoms with Gasteiger partial charge in [-0.1, -0.05) is 23.7 Å². The standard InChI is InChI=1S/C23H21ClFNO3/c1-3-28-22-13-17(14-26-19-7-9-20(27-2)10-8-19)12-21(24)23(22)29-15-16-5-4-6-18(25)11-16/h4-14H,3,15H2,1-2H3. The van der Waals surface area contributed by atoms with Crippen molar-refractivity contribution in [1.82, 2.24) is 0 Å². The first-order valence-corrected chi connectivity index (χ1v) is 9.48. The van der Waals surface area contributed by atoms with E-state index >= 15 is 0 Å². The number of ether oxygens (including phenoxy) is 3. The van der Waals surface area contributed by atoms with E-state index in [1.54, 1.807) is 31.5 Å². The molecule has 4 nitrogen and oxygen atoms in total. The molecule has 0 spiro atoms. The van der Waals surface area contributed by atoms with Gasteiger partial charge >= 0.3 is 0 Å². The Morgan fingerprint density at radius 1 is 1.03 bits per heavy atom. The van der Waals surface area contributed by atoms with E-state index in [1.165, 1.54) is 12.1 Å². The van der Waals surface area contributed by atoms with Gasteiger partial charge in [0.25, 0.3) is 0 Å². The Bertz CT molecular complexity index is 990. The van der Waals surface area contributed by atoms with Crippen molar-refractivity contribution in [3.05, 3.63) is 82.6 Å². The van der Waals surface area contributed by atoms with E-state index in [0.717, 1.165) is 17.0 Å². The normalized spacial score (nSPS) is 10.9. The summed E-state index contributed by atoms with van der Waals surface area (Å²) in [5.74, 6) is 1.38. The summed E-state index contributed by atoms with van der Waals surface area (Å²) in [5, 5.41) is 0.392. The molecule has 0 aliphatic heterocycles. The number of benzene rings is 3. The molecule has 0 saturated heterocycles. The molecule has 0 unspecified atom stereocenters. The zero-order chi connectivity index (χ0) is 20.6. The largest absolute Gasteiger partial charge is 0.497 e. The Morgan fingerprint density at radius 2 is 1.83 bits per heavy atom. The Balaban J connectivity index is 1.80. The molecule has 150 valence electrons. The van der Waals surface area contributed by atoms with E-state index < -0.39 is 0 Å². The van der Waals surface area contributed by atoms with Gasteiger partial charge in [0.1, 0.15) is 18.2 Å². The van der Waals surface area contributed by atoms with Crippen LogP contribution in [-0.4, -0.2) is 19.9 Å². The maximum absolute atomic E-state index is 13.4. The van der Waals surface area contributed by atoms with Crippen LogP contribution in [0, 0.1) is 5.82 Å². The van der Waals surface area contributed by atoms with Gasteiger partial charge in [0, 0.05) is 6.21 Å². The van der Waals surface area contributed by atoms with Crippen molar-refractivity contribution in [1.29, 1.82) is 0 Å². The molecule has 3 aromatic carbocycles. The van der Waals surface area contributed by atoms with Crippen molar-refractivity contribution in [3.8, 4) is 17.2 Å². The SMILES string of the molecule is CCOc1cc(C=Nc2ccc(OC)cc2)cc(Cl)c1OCc1cccc(F)c1. The highest BCUT2D eigenvalue weighted by atomic mass is 35.5. The molecule has 3 aromatic rings. The van der Waals surface area contributed by atoms with Gasteiger partial charge in [-0.05, 0) is 66.6 Å². The molecule has 0 bridgehead atoms. The van der Waals surface area contributed by atoms with E-state index in [2.05, 4.69) is 4.99 Å². The molecular weight excluding hydrogens is 393 g/mol. The molecule has 29 heavy (non-hydrogen) atoms. The van der Waals surface area contributed by atoms with Crippen LogP contribution in [0.5, 0.6) is 17.2 Å².